The largest absolute Gasteiger partial charge is 0.353 e. The van der Waals surface area contributed by atoms with Crippen molar-refractivity contribution < 1.29 is 0 Å². The minimum Gasteiger partial charge on any atom is -0.353 e. The molecule has 1 aliphatic heterocycles. The summed E-state index contributed by atoms with van der Waals surface area (Å²) in [4.78, 5) is 7.16. The number of aromatic nitrogens is 1. The molecule has 0 radical (unpaired) electrons. The molecular weight excluding hydrogens is 222 g/mol. The Bertz CT molecular complexity index is 400. The van der Waals surface area contributed by atoms with Gasteiger partial charge in [0.25, 0.3) is 0 Å². The van der Waals surface area contributed by atoms with Gasteiger partial charge in [0, 0.05) is 36.9 Å². The summed E-state index contributed by atoms with van der Waals surface area (Å²) >= 11 is 0. The Morgan fingerprint density at radius 2 is 2.28 bits per heavy atom. The average molecular weight is 245 g/mol. The van der Waals surface area contributed by atoms with Crippen LogP contribution in [0.15, 0.2) is 18.3 Å². The van der Waals surface area contributed by atoms with E-state index in [-0.39, 0.29) is 0 Å². The van der Waals surface area contributed by atoms with Gasteiger partial charge >= 0.3 is 0 Å². The predicted octanol–water partition coefficient (Wildman–Crippen LogP) is 2.71. The first-order valence-corrected chi connectivity index (χ1v) is 7.32. The molecule has 1 atom stereocenters. The van der Waals surface area contributed by atoms with E-state index in [0.29, 0.717) is 6.04 Å². The van der Waals surface area contributed by atoms with Crippen molar-refractivity contribution in [2.75, 3.05) is 11.4 Å². The summed E-state index contributed by atoms with van der Waals surface area (Å²) in [6.45, 7) is 4.43. The fourth-order valence-electron chi connectivity index (χ4n) is 2.91. The number of nitrogens with one attached hydrogen (secondary N) is 1. The molecule has 98 valence electrons. The van der Waals surface area contributed by atoms with Crippen molar-refractivity contribution in [1.82, 2.24) is 10.3 Å². The standard InChI is InChI=1S/C15H23N3/c1-2-14-6-4-10-18(14)15-12(5-3-9-16-15)11-17-13-7-8-13/h3,5,9,13-14,17H,2,4,6-8,10-11H2,1H3. The van der Waals surface area contributed by atoms with Crippen molar-refractivity contribution in [2.24, 2.45) is 0 Å². The molecule has 0 spiro atoms. The monoisotopic (exact) mass is 245 g/mol. The van der Waals surface area contributed by atoms with Gasteiger partial charge in [-0.25, -0.2) is 4.98 Å². The zero-order valence-electron chi connectivity index (χ0n) is 11.2. The molecule has 1 aliphatic carbocycles. The zero-order chi connectivity index (χ0) is 12.4. The zero-order valence-corrected chi connectivity index (χ0v) is 11.2. The second-order valence-electron chi connectivity index (χ2n) is 5.54. The van der Waals surface area contributed by atoms with Gasteiger partial charge in [0.15, 0.2) is 0 Å². The van der Waals surface area contributed by atoms with Gasteiger partial charge in [0.05, 0.1) is 0 Å². The Hall–Kier alpha value is -1.09. The highest BCUT2D eigenvalue weighted by Gasteiger charge is 2.26. The fourth-order valence-corrected chi connectivity index (χ4v) is 2.91. The lowest BCUT2D eigenvalue weighted by Gasteiger charge is -2.27. The Labute approximate surface area is 110 Å². The van der Waals surface area contributed by atoms with E-state index in [1.807, 2.05) is 6.20 Å². The first kappa shape index (κ1) is 12.0. The van der Waals surface area contributed by atoms with Crippen LogP contribution in [0.4, 0.5) is 5.82 Å². The van der Waals surface area contributed by atoms with Gasteiger partial charge in [-0.2, -0.15) is 0 Å². The molecule has 3 heteroatoms. The van der Waals surface area contributed by atoms with Gasteiger partial charge in [-0.15, -0.1) is 0 Å². The van der Waals surface area contributed by atoms with E-state index < -0.39 is 0 Å². The van der Waals surface area contributed by atoms with Gasteiger partial charge in [0.1, 0.15) is 5.82 Å². The molecule has 0 aromatic carbocycles. The fraction of sp³-hybridized carbons (Fsp3) is 0.667. The average Bonchev–Trinajstić information content (AvgIpc) is 3.12. The molecule has 1 unspecified atom stereocenters. The molecule has 1 aromatic rings. The maximum Gasteiger partial charge on any atom is 0.133 e. The summed E-state index contributed by atoms with van der Waals surface area (Å²) in [6, 6.07) is 5.74. The van der Waals surface area contributed by atoms with Crippen LogP contribution in [0.5, 0.6) is 0 Å². The molecule has 1 N–H and O–H groups in total. The third-order valence-corrected chi connectivity index (χ3v) is 4.15. The molecule has 1 saturated carbocycles. The van der Waals surface area contributed by atoms with E-state index in [9.17, 15) is 0 Å². The molecule has 3 rings (SSSR count). The van der Waals surface area contributed by atoms with Crippen LogP contribution in [0.3, 0.4) is 0 Å². The van der Waals surface area contributed by atoms with Crippen LogP contribution >= 0.6 is 0 Å². The lowest BCUT2D eigenvalue weighted by Crippen LogP contribution is -2.31. The minimum absolute atomic E-state index is 0.694. The molecule has 0 amide bonds. The molecular formula is C15H23N3. The van der Waals surface area contributed by atoms with Crippen molar-refractivity contribution >= 4 is 5.82 Å². The number of anilines is 1. The first-order valence-electron chi connectivity index (χ1n) is 7.32. The highest BCUT2D eigenvalue weighted by atomic mass is 15.2. The Balaban J connectivity index is 1.76. The summed E-state index contributed by atoms with van der Waals surface area (Å²) in [5, 5.41) is 3.60. The Morgan fingerprint density at radius 3 is 3.06 bits per heavy atom. The SMILES string of the molecule is CCC1CCCN1c1ncccc1CNC1CC1. The van der Waals surface area contributed by atoms with E-state index in [1.54, 1.807) is 0 Å². The third kappa shape index (κ3) is 2.51. The molecule has 2 aliphatic rings. The summed E-state index contributed by atoms with van der Waals surface area (Å²) < 4.78 is 0. The van der Waals surface area contributed by atoms with E-state index in [1.165, 1.54) is 50.0 Å². The lowest BCUT2D eigenvalue weighted by molar-refractivity contribution is 0.631. The van der Waals surface area contributed by atoms with Gasteiger partial charge in [-0.05, 0) is 38.2 Å². The normalized spacial score (nSPS) is 23.6. The van der Waals surface area contributed by atoms with E-state index in [0.717, 1.165) is 12.6 Å². The number of nitrogens with zero attached hydrogens (tertiary/aromatic N) is 2. The van der Waals surface area contributed by atoms with Gasteiger partial charge < -0.3 is 10.2 Å². The molecule has 0 bridgehead atoms. The maximum absolute atomic E-state index is 4.64. The van der Waals surface area contributed by atoms with E-state index in [4.69, 9.17) is 0 Å². The number of pyridine rings is 1. The van der Waals surface area contributed by atoms with Crippen LogP contribution in [0, 0.1) is 0 Å². The number of hydrogen-bond donors (Lipinski definition) is 1. The second kappa shape index (κ2) is 5.27. The quantitative estimate of drug-likeness (QED) is 0.864. The summed E-state index contributed by atoms with van der Waals surface area (Å²) in [6.07, 6.45) is 8.48. The molecule has 1 saturated heterocycles. The molecule has 18 heavy (non-hydrogen) atoms. The highest BCUT2D eigenvalue weighted by molar-refractivity contribution is 5.48. The number of hydrogen-bond acceptors (Lipinski definition) is 3. The van der Waals surface area contributed by atoms with Gasteiger partial charge in [0.2, 0.25) is 0 Å². The highest BCUT2D eigenvalue weighted by Crippen LogP contribution is 2.29. The summed E-state index contributed by atoms with van der Waals surface area (Å²) in [5.41, 5.74) is 1.37. The predicted molar refractivity (Wildman–Crippen MR) is 74.8 cm³/mol. The van der Waals surface area contributed by atoms with Crippen molar-refractivity contribution in [1.29, 1.82) is 0 Å². The van der Waals surface area contributed by atoms with Crippen LogP contribution in [0.1, 0.15) is 44.6 Å². The van der Waals surface area contributed by atoms with Crippen LogP contribution in [-0.4, -0.2) is 23.6 Å². The molecule has 2 heterocycles. The molecule has 1 aromatic heterocycles. The van der Waals surface area contributed by atoms with Crippen LogP contribution in [0.2, 0.25) is 0 Å². The van der Waals surface area contributed by atoms with Crippen molar-refractivity contribution in [2.45, 2.75) is 57.7 Å². The van der Waals surface area contributed by atoms with E-state index in [2.05, 4.69) is 34.3 Å². The van der Waals surface area contributed by atoms with Gasteiger partial charge in [-0.3, -0.25) is 0 Å². The van der Waals surface area contributed by atoms with Crippen LogP contribution in [0.25, 0.3) is 0 Å². The molecule has 2 fully saturated rings. The van der Waals surface area contributed by atoms with Crippen LogP contribution in [-0.2, 0) is 6.54 Å². The third-order valence-electron chi connectivity index (χ3n) is 4.15. The van der Waals surface area contributed by atoms with Gasteiger partial charge in [-0.1, -0.05) is 13.0 Å². The van der Waals surface area contributed by atoms with Crippen molar-refractivity contribution in [3.8, 4) is 0 Å². The minimum atomic E-state index is 0.694. The summed E-state index contributed by atoms with van der Waals surface area (Å²) in [7, 11) is 0. The molecule has 3 nitrogen and oxygen atoms in total. The van der Waals surface area contributed by atoms with E-state index >= 15 is 0 Å². The lowest BCUT2D eigenvalue weighted by atomic mass is 10.1. The second-order valence-corrected chi connectivity index (χ2v) is 5.54. The smallest absolute Gasteiger partial charge is 0.133 e. The van der Waals surface area contributed by atoms with Crippen molar-refractivity contribution in [3.63, 3.8) is 0 Å². The summed E-state index contributed by atoms with van der Waals surface area (Å²) in [5.74, 6) is 1.22. The Kier molecular flexibility index (Phi) is 3.50. The Morgan fingerprint density at radius 1 is 1.39 bits per heavy atom. The van der Waals surface area contributed by atoms with Crippen molar-refractivity contribution in [3.05, 3.63) is 23.9 Å². The maximum atomic E-state index is 4.64. The van der Waals surface area contributed by atoms with Crippen LogP contribution < -0.4 is 10.2 Å². The number of rotatable bonds is 5. The first-order chi connectivity index (χ1) is 8.88. The topological polar surface area (TPSA) is 28.2 Å².